The van der Waals surface area contributed by atoms with E-state index in [0.29, 0.717) is 37.1 Å². The van der Waals surface area contributed by atoms with Crippen molar-refractivity contribution >= 4 is 5.97 Å². The van der Waals surface area contributed by atoms with Gasteiger partial charge in [0.15, 0.2) is 0 Å². The second-order valence-corrected chi connectivity index (χ2v) is 5.94. The number of carboxylic acid groups (broad SMARTS) is 1. The molecular formula is C17H26O4. The van der Waals surface area contributed by atoms with Crippen LogP contribution in [0.1, 0.15) is 38.5 Å². The highest BCUT2D eigenvalue weighted by Crippen LogP contribution is 2.45. The highest BCUT2D eigenvalue weighted by Gasteiger charge is 2.47. The van der Waals surface area contributed by atoms with E-state index >= 15 is 0 Å². The van der Waals surface area contributed by atoms with Crippen LogP contribution >= 0.6 is 0 Å². The molecular weight excluding hydrogens is 268 g/mol. The van der Waals surface area contributed by atoms with Gasteiger partial charge in [-0.2, -0.15) is 0 Å². The van der Waals surface area contributed by atoms with Crippen molar-refractivity contribution in [1.82, 2.24) is 0 Å². The van der Waals surface area contributed by atoms with E-state index in [1.165, 1.54) is 6.42 Å². The van der Waals surface area contributed by atoms with Crippen LogP contribution in [0.3, 0.4) is 0 Å². The Hall–Kier alpha value is -1.13. The molecule has 0 saturated carbocycles. The van der Waals surface area contributed by atoms with Gasteiger partial charge >= 0.3 is 5.97 Å². The van der Waals surface area contributed by atoms with Crippen LogP contribution in [0.5, 0.6) is 0 Å². The highest BCUT2D eigenvalue weighted by atomic mass is 16.5. The van der Waals surface area contributed by atoms with Gasteiger partial charge in [0.25, 0.3) is 0 Å². The Labute approximate surface area is 126 Å². The smallest absolute Gasteiger partial charge is 0.303 e. The summed E-state index contributed by atoms with van der Waals surface area (Å²) in [6.07, 6.45) is 12.0. The van der Waals surface area contributed by atoms with E-state index in [1.54, 1.807) is 6.08 Å². The van der Waals surface area contributed by atoms with Crippen LogP contribution in [-0.2, 0) is 14.3 Å². The molecule has 0 aromatic heterocycles. The van der Waals surface area contributed by atoms with E-state index in [2.05, 4.69) is 18.7 Å². The summed E-state index contributed by atoms with van der Waals surface area (Å²) >= 11 is 0. The van der Waals surface area contributed by atoms with Gasteiger partial charge in [-0.1, -0.05) is 18.2 Å². The summed E-state index contributed by atoms with van der Waals surface area (Å²) < 4.78 is 11.7. The molecule has 2 heterocycles. The van der Waals surface area contributed by atoms with E-state index in [4.69, 9.17) is 14.6 Å². The number of allylic oxidation sites excluding steroid dienone is 2. The van der Waals surface area contributed by atoms with Gasteiger partial charge < -0.3 is 14.6 Å². The van der Waals surface area contributed by atoms with Crippen molar-refractivity contribution in [3.05, 3.63) is 24.8 Å². The van der Waals surface area contributed by atoms with Gasteiger partial charge in [-0.05, 0) is 38.0 Å². The zero-order valence-corrected chi connectivity index (χ0v) is 12.6. The number of carboxylic acids is 1. The van der Waals surface area contributed by atoms with Crippen LogP contribution in [0.4, 0.5) is 0 Å². The average molecular weight is 294 g/mol. The molecule has 0 aromatic carbocycles. The molecule has 0 amide bonds. The first kappa shape index (κ1) is 16.2. The lowest BCUT2D eigenvalue weighted by Gasteiger charge is -2.26. The van der Waals surface area contributed by atoms with E-state index in [1.807, 2.05) is 0 Å². The summed E-state index contributed by atoms with van der Waals surface area (Å²) in [5.74, 6) is 0.320. The highest BCUT2D eigenvalue weighted by molar-refractivity contribution is 5.66. The number of hydrogen-bond donors (Lipinski definition) is 1. The molecule has 21 heavy (non-hydrogen) atoms. The van der Waals surface area contributed by atoms with E-state index < -0.39 is 5.97 Å². The van der Waals surface area contributed by atoms with Crippen LogP contribution in [0, 0.1) is 11.8 Å². The first-order valence-electron chi connectivity index (χ1n) is 7.93. The Morgan fingerprint density at radius 1 is 1.29 bits per heavy atom. The molecule has 2 aliphatic heterocycles. The number of rotatable bonds is 10. The van der Waals surface area contributed by atoms with E-state index in [-0.39, 0.29) is 6.42 Å². The van der Waals surface area contributed by atoms with Crippen LogP contribution in [-0.4, -0.2) is 36.5 Å². The summed E-state index contributed by atoms with van der Waals surface area (Å²) in [7, 11) is 0. The van der Waals surface area contributed by atoms with Crippen molar-refractivity contribution in [2.75, 3.05) is 13.2 Å². The number of aliphatic carboxylic acids is 1. The Morgan fingerprint density at radius 3 is 2.76 bits per heavy atom. The van der Waals surface area contributed by atoms with Crippen LogP contribution < -0.4 is 0 Å². The number of fused-ring (bicyclic) bond motifs is 2. The van der Waals surface area contributed by atoms with E-state index in [0.717, 1.165) is 25.9 Å². The first-order valence-corrected chi connectivity index (χ1v) is 7.93. The van der Waals surface area contributed by atoms with Crippen LogP contribution in [0.25, 0.3) is 0 Å². The molecule has 4 nitrogen and oxygen atoms in total. The van der Waals surface area contributed by atoms with Gasteiger partial charge in [0.05, 0.1) is 25.4 Å². The van der Waals surface area contributed by atoms with Crippen molar-refractivity contribution in [2.45, 2.75) is 50.7 Å². The molecule has 0 aliphatic carbocycles. The Kier molecular flexibility index (Phi) is 6.46. The SMILES string of the molecule is C=CCOC[C@H]1[C@@H](CC=CCCCC(=O)O)[C@H]2CC[C@@H]1O2. The van der Waals surface area contributed by atoms with Crippen molar-refractivity contribution in [3.8, 4) is 0 Å². The third-order valence-corrected chi connectivity index (χ3v) is 4.47. The Bertz CT molecular complexity index is 377. The average Bonchev–Trinajstić information content (AvgIpc) is 3.04. The van der Waals surface area contributed by atoms with Gasteiger partial charge in [-0.3, -0.25) is 4.79 Å². The zero-order chi connectivity index (χ0) is 15.1. The second kappa shape index (κ2) is 8.35. The van der Waals surface area contributed by atoms with Crippen molar-refractivity contribution in [1.29, 1.82) is 0 Å². The topological polar surface area (TPSA) is 55.8 Å². The fourth-order valence-electron chi connectivity index (χ4n) is 3.46. The fraction of sp³-hybridized carbons (Fsp3) is 0.706. The molecule has 2 rings (SSSR count). The Balaban J connectivity index is 1.73. The summed E-state index contributed by atoms with van der Waals surface area (Å²) in [6, 6.07) is 0. The fourth-order valence-corrected chi connectivity index (χ4v) is 3.46. The molecule has 2 bridgehead atoms. The largest absolute Gasteiger partial charge is 0.481 e. The lowest BCUT2D eigenvalue weighted by atomic mass is 9.78. The quantitative estimate of drug-likeness (QED) is 0.496. The van der Waals surface area contributed by atoms with Crippen molar-refractivity contribution < 1.29 is 19.4 Å². The van der Waals surface area contributed by atoms with Gasteiger partial charge in [0, 0.05) is 12.3 Å². The molecule has 118 valence electrons. The second-order valence-electron chi connectivity index (χ2n) is 5.94. The molecule has 0 radical (unpaired) electrons. The predicted octanol–water partition coefficient (Wildman–Crippen LogP) is 3.18. The molecule has 0 spiro atoms. The third-order valence-electron chi connectivity index (χ3n) is 4.47. The van der Waals surface area contributed by atoms with Crippen LogP contribution in [0.2, 0.25) is 0 Å². The number of carbonyl (C=O) groups is 1. The maximum Gasteiger partial charge on any atom is 0.303 e. The monoisotopic (exact) mass is 294 g/mol. The van der Waals surface area contributed by atoms with Gasteiger partial charge in [0.1, 0.15) is 0 Å². The number of unbranched alkanes of at least 4 members (excludes halogenated alkanes) is 1. The maximum atomic E-state index is 10.4. The lowest BCUT2D eigenvalue weighted by Crippen LogP contribution is -2.30. The minimum Gasteiger partial charge on any atom is -0.481 e. The first-order chi connectivity index (χ1) is 10.2. The minimum absolute atomic E-state index is 0.250. The third kappa shape index (κ3) is 4.68. The predicted molar refractivity (Wildman–Crippen MR) is 81.1 cm³/mol. The lowest BCUT2D eigenvalue weighted by molar-refractivity contribution is -0.137. The molecule has 2 aliphatic rings. The van der Waals surface area contributed by atoms with Crippen molar-refractivity contribution in [2.24, 2.45) is 11.8 Å². The van der Waals surface area contributed by atoms with Crippen molar-refractivity contribution in [3.63, 3.8) is 0 Å². The molecule has 0 aromatic rings. The summed E-state index contributed by atoms with van der Waals surface area (Å²) in [5.41, 5.74) is 0. The van der Waals surface area contributed by atoms with Gasteiger partial charge in [-0.15, -0.1) is 6.58 Å². The van der Waals surface area contributed by atoms with Gasteiger partial charge in [-0.25, -0.2) is 0 Å². The number of hydrogen-bond acceptors (Lipinski definition) is 3. The molecule has 4 heteroatoms. The molecule has 4 atom stereocenters. The zero-order valence-electron chi connectivity index (χ0n) is 12.6. The number of ether oxygens (including phenoxy) is 2. The van der Waals surface area contributed by atoms with E-state index in [9.17, 15) is 4.79 Å². The summed E-state index contributed by atoms with van der Waals surface area (Å²) in [4.78, 5) is 10.4. The Morgan fingerprint density at radius 2 is 2.05 bits per heavy atom. The molecule has 1 N–H and O–H groups in total. The minimum atomic E-state index is -0.718. The molecule has 2 fully saturated rings. The molecule has 2 saturated heterocycles. The van der Waals surface area contributed by atoms with Crippen LogP contribution in [0.15, 0.2) is 24.8 Å². The van der Waals surface area contributed by atoms with Gasteiger partial charge in [0.2, 0.25) is 0 Å². The molecule has 0 unspecified atom stereocenters. The standard InChI is InChI=1S/C17H26O4/c1-2-11-20-12-14-13(15-9-10-16(14)21-15)7-5-3-4-6-8-17(18)19/h2-3,5,13-16H,1,4,6-12H2,(H,18,19)/t13-,14+,15-,16+/m1/s1. The normalized spacial score (nSPS) is 31.0. The maximum absolute atomic E-state index is 10.4. The summed E-state index contributed by atoms with van der Waals surface area (Å²) in [5, 5.41) is 8.59. The summed E-state index contributed by atoms with van der Waals surface area (Å²) in [6.45, 7) is 5.03.